The van der Waals surface area contributed by atoms with Crippen molar-refractivity contribution in [2.24, 2.45) is 4.99 Å². The minimum atomic E-state index is -0.180. The molecule has 1 saturated heterocycles. The number of carbonyl (C=O) groups excluding carboxylic acids is 1. The number of hydrogen-bond donors (Lipinski definition) is 1. The van der Waals surface area contributed by atoms with E-state index in [0.29, 0.717) is 31.7 Å². The number of hydrogen-bond acceptors (Lipinski definition) is 4. The first-order valence-electron chi connectivity index (χ1n) is 9.76. The molecule has 1 amide bonds. The lowest BCUT2D eigenvalue weighted by atomic mass is 9.80. The Morgan fingerprint density at radius 2 is 2.03 bits per heavy atom. The van der Waals surface area contributed by atoms with Gasteiger partial charge in [-0.15, -0.1) is 0 Å². The van der Waals surface area contributed by atoms with Gasteiger partial charge in [0.15, 0.2) is 5.17 Å². The molecule has 4 rings (SSSR count). The topological polar surface area (TPSA) is 44.7 Å². The molecular weight excluding hydrogens is 437 g/mol. The van der Waals surface area contributed by atoms with E-state index < -0.39 is 0 Å². The van der Waals surface area contributed by atoms with Crippen molar-refractivity contribution >= 4 is 63.5 Å². The van der Waals surface area contributed by atoms with Crippen molar-refractivity contribution < 1.29 is 4.79 Å². The molecular formula is C23H23Cl2N3OS. The monoisotopic (exact) mass is 459 g/mol. The van der Waals surface area contributed by atoms with Crippen LogP contribution in [-0.4, -0.2) is 23.7 Å². The van der Waals surface area contributed by atoms with E-state index in [-0.39, 0.29) is 11.4 Å². The zero-order chi connectivity index (χ0) is 21.6. The van der Waals surface area contributed by atoms with Gasteiger partial charge in [-0.2, -0.15) is 0 Å². The molecule has 2 aromatic carbocycles. The highest BCUT2D eigenvalue weighted by Crippen LogP contribution is 2.45. The van der Waals surface area contributed by atoms with Crippen LogP contribution >= 0.6 is 35.0 Å². The Labute approximate surface area is 191 Å². The van der Waals surface area contributed by atoms with Crippen molar-refractivity contribution in [2.45, 2.75) is 38.6 Å². The fourth-order valence-corrected chi connectivity index (χ4v) is 5.23. The average molecular weight is 460 g/mol. The van der Waals surface area contributed by atoms with Gasteiger partial charge in [0.1, 0.15) is 0 Å². The third-order valence-corrected chi connectivity index (χ3v) is 7.20. The van der Waals surface area contributed by atoms with Gasteiger partial charge in [0.2, 0.25) is 0 Å². The highest BCUT2D eigenvalue weighted by Gasteiger charge is 2.34. The molecule has 0 spiro atoms. The maximum Gasteiger partial charge on any atom is 0.264 e. The number of halogens is 2. The number of thioether (sulfide) groups is 1. The minimum Gasteiger partial charge on any atom is -0.369 e. The normalized spacial score (nSPS) is 23.1. The standard InChI is InChI=1S/C23H23Cl2N3OS/c1-13-12-23(2,3)28(4)19-11-18(25)14(8-17(13)19)9-20-21(29)27-22(30-20)26-16-7-5-6-15(24)10-16/h5-11,13H,12H2,1-4H3,(H,26,27,29)/b20-9-. The number of carbonyl (C=O) groups is 1. The van der Waals surface area contributed by atoms with Crippen molar-refractivity contribution in [3.63, 3.8) is 0 Å². The Balaban J connectivity index is 1.66. The number of benzene rings is 2. The molecule has 30 heavy (non-hydrogen) atoms. The number of anilines is 1. The second kappa shape index (κ2) is 7.95. The van der Waals surface area contributed by atoms with Gasteiger partial charge in [0, 0.05) is 28.3 Å². The van der Waals surface area contributed by atoms with Gasteiger partial charge in [-0.1, -0.05) is 36.2 Å². The number of nitrogens with zero attached hydrogens (tertiary/aromatic N) is 2. The molecule has 1 unspecified atom stereocenters. The van der Waals surface area contributed by atoms with Crippen LogP contribution in [0.1, 0.15) is 44.2 Å². The predicted molar refractivity (Wildman–Crippen MR) is 129 cm³/mol. The molecule has 1 N–H and O–H groups in total. The third kappa shape index (κ3) is 4.11. The van der Waals surface area contributed by atoms with Gasteiger partial charge in [-0.05, 0) is 85.5 Å². The molecule has 1 atom stereocenters. The molecule has 2 heterocycles. The molecule has 7 heteroatoms. The summed E-state index contributed by atoms with van der Waals surface area (Å²) in [4.78, 5) is 19.8. The van der Waals surface area contributed by atoms with Gasteiger partial charge >= 0.3 is 0 Å². The fourth-order valence-electron chi connectivity index (χ4n) is 4.00. The maximum absolute atomic E-state index is 12.5. The average Bonchev–Trinajstić information content (AvgIpc) is 2.99. The lowest BCUT2D eigenvalue weighted by molar-refractivity contribution is -0.115. The largest absolute Gasteiger partial charge is 0.369 e. The van der Waals surface area contributed by atoms with Gasteiger partial charge in [-0.25, -0.2) is 4.99 Å². The van der Waals surface area contributed by atoms with E-state index in [2.05, 4.69) is 49.1 Å². The van der Waals surface area contributed by atoms with E-state index in [1.165, 1.54) is 17.3 Å². The smallest absolute Gasteiger partial charge is 0.264 e. The van der Waals surface area contributed by atoms with Gasteiger partial charge in [0.25, 0.3) is 5.91 Å². The molecule has 0 aliphatic carbocycles. The Morgan fingerprint density at radius 1 is 1.27 bits per heavy atom. The Kier molecular flexibility index (Phi) is 5.64. The number of rotatable bonds is 2. The lowest BCUT2D eigenvalue weighted by Crippen LogP contribution is -2.45. The van der Waals surface area contributed by atoms with Crippen LogP contribution in [0.4, 0.5) is 11.4 Å². The molecule has 0 saturated carbocycles. The van der Waals surface area contributed by atoms with Crippen molar-refractivity contribution in [3.8, 4) is 0 Å². The van der Waals surface area contributed by atoms with Crippen molar-refractivity contribution in [1.29, 1.82) is 0 Å². The molecule has 2 aliphatic rings. The van der Waals surface area contributed by atoms with Crippen LogP contribution < -0.4 is 10.2 Å². The van der Waals surface area contributed by atoms with Crippen molar-refractivity contribution in [3.05, 3.63) is 62.5 Å². The van der Waals surface area contributed by atoms with Gasteiger partial charge in [-0.3, -0.25) is 4.79 Å². The molecule has 156 valence electrons. The van der Waals surface area contributed by atoms with E-state index in [1.54, 1.807) is 12.1 Å². The summed E-state index contributed by atoms with van der Waals surface area (Å²) >= 11 is 13.9. The fraction of sp³-hybridized carbons (Fsp3) is 0.304. The van der Waals surface area contributed by atoms with Crippen LogP contribution in [0.5, 0.6) is 0 Å². The van der Waals surface area contributed by atoms with Crippen LogP contribution in [0.2, 0.25) is 10.0 Å². The first-order valence-corrected chi connectivity index (χ1v) is 11.3. The number of aliphatic imine (C=N–C) groups is 1. The van der Waals surface area contributed by atoms with Crippen LogP contribution in [0.15, 0.2) is 46.3 Å². The zero-order valence-electron chi connectivity index (χ0n) is 17.3. The first kappa shape index (κ1) is 21.3. The van der Waals surface area contributed by atoms with Gasteiger partial charge < -0.3 is 10.2 Å². The molecule has 0 radical (unpaired) electrons. The van der Waals surface area contributed by atoms with E-state index >= 15 is 0 Å². The SMILES string of the molecule is CC1CC(C)(C)N(C)c2cc(Cl)c(/C=C3\SC(=Nc4cccc(Cl)c4)NC3=O)cc21. The summed E-state index contributed by atoms with van der Waals surface area (Å²) < 4.78 is 0. The van der Waals surface area contributed by atoms with E-state index in [0.717, 1.165) is 17.7 Å². The Hall–Kier alpha value is -1.95. The van der Waals surface area contributed by atoms with Crippen LogP contribution in [0.25, 0.3) is 6.08 Å². The molecule has 2 aromatic rings. The van der Waals surface area contributed by atoms with Crippen LogP contribution in [0, 0.1) is 0 Å². The summed E-state index contributed by atoms with van der Waals surface area (Å²) in [5.41, 5.74) is 4.01. The first-order chi connectivity index (χ1) is 14.1. The summed E-state index contributed by atoms with van der Waals surface area (Å²) in [6.07, 6.45) is 2.90. The highest BCUT2D eigenvalue weighted by molar-refractivity contribution is 8.18. The summed E-state index contributed by atoms with van der Waals surface area (Å²) in [7, 11) is 2.11. The number of nitrogens with one attached hydrogen (secondary N) is 1. The van der Waals surface area contributed by atoms with Crippen molar-refractivity contribution in [1.82, 2.24) is 5.32 Å². The van der Waals surface area contributed by atoms with E-state index in [9.17, 15) is 4.79 Å². The second-order valence-corrected chi connectivity index (χ2v) is 10.2. The Bertz CT molecular complexity index is 1090. The zero-order valence-corrected chi connectivity index (χ0v) is 19.6. The highest BCUT2D eigenvalue weighted by atomic mass is 35.5. The number of fused-ring (bicyclic) bond motifs is 1. The minimum absolute atomic E-state index is 0.0720. The third-order valence-electron chi connectivity index (χ3n) is 5.73. The summed E-state index contributed by atoms with van der Waals surface area (Å²) in [6, 6.07) is 11.3. The quantitative estimate of drug-likeness (QED) is 0.513. The predicted octanol–water partition coefficient (Wildman–Crippen LogP) is 6.61. The summed E-state index contributed by atoms with van der Waals surface area (Å²) in [6.45, 7) is 6.73. The van der Waals surface area contributed by atoms with Crippen molar-refractivity contribution in [2.75, 3.05) is 11.9 Å². The number of amides is 1. The second-order valence-electron chi connectivity index (χ2n) is 8.37. The Morgan fingerprint density at radius 3 is 2.77 bits per heavy atom. The molecule has 0 bridgehead atoms. The maximum atomic E-state index is 12.5. The van der Waals surface area contributed by atoms with E-state index in [4.69, 9.17) is 23.2 Å². The van der Waals surface area contributed by atoms with Gasteiger partial charge in [0.05, 0.1) is 10.6 Å². The van der Waals surface area contributed by atoms with Crippen LogP contribution in [-0.2, 0) is 4.79 Å². The van der Waals surface area contributed by atoms with Crippen LogP contribution in [0.3, 0.4) is 0 Å². The molecule has 4 nitrogen and oxygen atoms in total. The molecule has 1 fully saturated rings. The lowest BCUT2D eigenvalue weighted by Gasteiger charge is -2.45. The van der Waals surface area contributed by atoms with E-state index in [1.807, 2.05) is 24.3 Å². The summed E-state index contributed by atoms with van der Waals surface area (Å²) in [5, 5.41) is 4.57. The number of amidine groups is 1. The summed E-state index contributed by atoms with van der Waals surface area (Å²) in [5.74, 6) is 0.228. The molecule has 0 aromatic heterocycles. The molecule has 2 aliphatic heterocycles.